The summed E-state index contributed by atoms with van der Waals surface area (Å²) in [6.45, 7) is 3.55. The smallest absolute Gasteiger partial charge is 0.457 e. The standard InChI is InChI=1S/C56H107O9P/c1-3-5-7-9-11-13-15-17-19-21-23-25-26-27-29-31-33-35-37-39-41-43-45-47-49-62-52-55(53-64-66(60,61)63-51-54(58)50-57)65-56(59)48-46-44-42-40-38-36-34-32-30-28-24-22-20-18-16-14-12-10-8-6-4-2/h15,17,21,23,26-27,54-55,57-58H,3-14,16,18-20,22,24-25,28-53H2,1-2H3,(H,60,61)/b17-15-,23-21-,27-26-. The van der Waals surface area contributed by atoms with E-state index in [1.54, 1.807) is 0 Å². The number of phosphoric acid groups is 1. The molecule has 0 heterocycles. The topological polar surface area (TPSA) is 132 Å². The van der Waals surface area contributed by atoms with Gasteiger partial charge in [0.1, 0.15) is 12.2 Å². The van der Waals surface area contributed by atoms with Gasteiger partial charge >= 0.3 is 13.8 Å². The molecular formula is C56H107O9P. The molecule has 9 nitrogen and oxygen atoms in total. The van der Waals surface area contributed by atoms with Crippen LogP contribution in [0.1, 0.15) is 271 Å². The van der Waals surface area contributed by atoms with Crippen molar-refractivity contribution >= 4 is 13.8 Å². The highest BCUT2D eigenvalue weighted by Gasteiger charge is 2.26. The lowest BCUT2D eigenvalue weighted by molar-refractivity contribution is -0.154. The molecular weight excluding hydrogens is 848 g/mol. The second-order valence-electron chi connectivity index (χ2n) is 19.0. The van der Waals surface area contributed by atoms with Gasteiger partial charge in [0.05, 0.1) is 26.4 Å². The third-order valence-electron chi connectivity index (χ3n) is 12.3. The fraction of sp³-hybridized carbons (Fsp3) is 0.875. The van der Waals surface area contributed by atoms with Crippen molar-refractivity contribution in [2.75, 3.05) is 33.0 Å². The highest BCUT2D eigenvalue weighted by atomic mass is 31.2. The molecule has 3 N–H and O–H groups in total. The normalized spacial score (nSPS) is 14.0. The van der Waals surface area contributed by atoms with E-state index in [1.807, 2.05) is 0 Å². The summed E-state index contributed by atoms with van der Waals surface area (Å²) in [6.07, 6.45) is 61.2. The number of rotatable bonds is 54. The van der Waals surface area contributed by atoms with Gasteiger partial charge in [-0.25, -0.2) is 4.57 Å². The molecule has 3 atom stereocenters. The number of ether oxygens (including phenoxy) is 2. The van der Waals surface area contributed by atoms with Gasteiger partial charge in [-0.2, -0.15) is 0 Å². The molecule has 390 valence electrons. The van der Waals surface area contributed by atoms with Crippen molar-refractivity contribution in [2.24, 2.45) is 0 Å². The molecule has 0 aromatic rings. The largest absolute Gasteiger partial charge is 0.472 e. The number of unbranched alkanes of at least 4 members (excludes halogenated alkanes) is 34. The lowest BCUT2D eigenvalue weighted by Gasteiger charge is -2.20. The molecule has 0 aromatic carbocycles. The average Bonchev–Trinajstić information content (AvgIpc) is 3.31. The first-order valence-corrected chi connectivity index (χ1v) is 29.5. The van der Waals surface area contributed by atoms with Gasteiger partial charge in [0.15, 0.2) is 0 Å². The van der Waals surface area contributed by atoms with Crippen LogP contribution in [0.5, 0.6) is 0 Å². The van der Waals surface area contributed by atoms with Crippen LogP contribution in [0, 0.1) is 0 Å². The molecule has 10 heteroatoms. The van der Waals surface area contributed by atoms with Crippen LogP contribution in [0.15, 0.2) is 36.5 Å². The Bertz CT molecular complexity index is 1130. The Kier molecular flexibility index (Phi) is 52.0. The highest BCUT2D eigenvalue weighted by Crippen LogP contribution is 2.43. The number of hydrogen-bond donors (Lipinski definition) is 3. The number of allylic oxidation sites excluding steroid dienone is 6. The van der Waals surface area contributed by atoms with Crippen molar-refractivity contribution in [3.8, 4) is 0 Å². The molecule has 0 radical (unpaired) electrons. The van der Waals surface area contributed by atoms with Crippen LogP contribution in [0.2, 0.25) is 0 Å². The summed E-state index contributed by atoms with van der Waals surface area (Å²) >= 11 is 0. The summed E-state index contributed by atoms with van der Waals surface area (Å²) in [5, 5.41) is 18.5. The van der Waals surface area contributed by atoms with E-state index in [9.17, 15) is 19.4 Å². The second kappa shape index (κ2) is 53.0. The van der Waals surface area contributed by atoms with E-state index in [4.69, 9.17) is 23.6 Å². The lowest BCUT2D eigenvalue weighted by atomic mass is 10.0. The van der Waals surface area contributed by atoms with E-state index in [-0.39, 0.29) is 25.6 Å². The number of esters is 1. The zero-order valence-corrected chi connectivity index (χ0v) is 44.1. The molecule has 0 aliphatic carbocycles. The summed E-state index contributed by atoms with van der Waals surface area (Å²) in [5.74, 6) is -0.379. The van der Waals surface area contributed by atoms with Gasteiger partial charge < -0.3 is 24.6 Å². The summed E-state index contributed by atoms with van der Waals surface area (Å²) in [5.41, 5.74) is 0. The minimum absolute atomic E-state index is 0.0488. The lowest BCUT2D eigenvalue weighted by Crippen LogP contribution is -2.29. The van der Waals surface area contributed by atoms with Crippen molar-refractivity contribution in [1.82, 2.24) is 0 Å². The summed E-state index contributed by atoms with van der Waals surface area (Å²) in [4.78, 5) is 22.7. The predicted molar refractivity (Wildman–Crippen MR) is 279 cm³/mol. The van der Waals surface area contributed by atoms with Gasteiger partial charge in [0.25, 0.3) is 0 Å². The minimum atomic E-state index is -4.53. The van der Waals surface area contributed by atoms with Crippen LogP contribution < -0.4 is 0 Å². The van der Waals surface area contributed by atoms with Gasteiger partial charge in [0.2, 0.25) is 0 Å². The molecule has 0 saturated heterocycles. The van der Waals surface area contributed by atoms with Crippen LogP contribution in [0.4, 0.5) is 0 Å². The summed E-state index contributed by atoms with van der Waals surface area (Å²) in [6, 6.07) is 0. The molecule has 0 aliphatic heterocycles. The zero-order chi connectivity index (χ0) is 48.1. The van der Waals surface area contributed by atoms with Crippen molar-refractivity contribution < 1.29 is 43.0 Å². The van der Waals surface area contributed by atoms with Crippen LogP contribution in [0.25, 0.3) is 0 Å². The Balaban J connectivity index is 4.02. The first-order chi connectivity index (χ1) is 32.3. The predicted octanol–water partition coefficient (Wildman–Crippen LogP) is 16.7. The number of hydrogen-bond acceptors (Lipinski definition) is 8. The summed E-state index contributed by atoms with van der Waals surface area (Å²) in [7, 11) is -4.53. The molecule has 0 aliphatic rings. The number of carbonyl (C=O) groups is 1. The number of carbonyl (C=O) groups excluding carboxylic acids is 1. The van der Waals surface area contributed by atoms with Gasteiger partial charge in [-0.1, -0.05) is 249 Å². The molecule has 0 spiro atoms. The molecule has 0 amide bonds. The Hall–Kier alpha value is -1.32. The van der Waals surface area contributed by atoms with E-state index >= 15 is 0 Å². The van der Waals surface area contributed by atoms with E-state index in [0.717, 1.165) is 51.4 Å². The van der Waals surface area contributed by atoms with E-state index in [0.29, 0.717) is 6.61 Å². The zero-order valence-electron chi connectivity index (χ0n) is 43.2. The third kappa shape index (κ3) is 52.1. The maximum atomic E-state index is 12.7. The number of phosphoric ester groups is 1. The van der Waals surface area contributed by atoms with Gasteiger partial charge in [-0.3, -0.25) is 13.8 Å². The van der Waals surface area contributed by atoms with Crippen LogP contribution in [-0.4, -0.2) is 66.3 Å². The van der Waals surface area contributed by atoms with Crippen LogP contribution in [0.3, 0.4) is 0 Å². The highest BCUT2D eigenvalue weighted by molar-refractivity contribution is 7.47. The van der Waals surface area contributed by atoms with Gasteiger partial charge in [-0.05, 0) is 51.4 Å². The average molecular weight is 955 g/mol. The number of aliphatic hydroxyl groups excluding tert-OH is 2. The molecule has 0 saturated carbocycles. The Morgan fingerprint density at radius 3 is 1.23 bits per heavy atom. The van der Waals surface area contributed by atoms with E-state index < -0.39 is 33.2 Å². The monoisotopic (exact) mass is 955 g/mol. The molecule has 0 fully saturated rings. The fourth-order valence-corrected chi connectivity index (χ4v) is 8.86. The fourth-order valence-electron chi connectivity index (χ4n) is 8.07. The third-order valence-corrected chi connectivity index (χ3v) is 13.3. The minimum Gasteiger partial charge on any atom is -0.457 e. The molecule has 0 rings (SSSR count). The molecule has 66 heavy (non-hydrogen) atoms. The SMILES string of the molecule is CCCCCCC/C=C\C/C=C\C/C=C\CCCCCCCCCCCOCC(COP(=O)(O)OCC(O)CO)OC(=O)CCCCCCCCCCCCCCCCCCCCCCC. The van der Waals surface area contributed by atoms with Gasteiger partial charge in [0, 0.05) is 13.0 Å². The van der Waals surface area contributed by atoms with Crippen molar-refractivity contribution in [3.05, 3.63) is 36.5 Å². The van der Waals surface area contributed by atoms with Crippen molar-refractivity contribution in [2.45, 2.75) is 283 Å². The van der Waals surface area contributed by atoms with Crippen LogP contribution in [-0.2, 0) is 27.9 Å². The second-order valence-corrected chi connectivity index (χ2v) is 20.4. The van der Waals surface area contributed by atoms with E-state index in [2.05, 4.69) is 50.3 Å². The van der Waals surface area contributed by atoms with E-state index in [1.165, 1.54) is 199 Å². The molecule has 0 bridgehead atoms. The Morgan fingerprint density at radius 1 is 0.470 bits per heavy atom. The van der Waals surface area contributed by atoms with Crippen molar-refractivity contribution in [1.29, 1.82) is 0 Å². The summed E-state index contributed by atoms with van der Waals surface area (Å²) < 4.78 is 33.6. The molecule has 0 aromatic heterocycles. The first kappa shape index (κ1) is 64.7. The van der Waals surface area contributed by atoms with Crippen molar-refractivity contribution in [3.63, 3.8) is 0 Å². The quantitative estimate of drug-likeness (QED) is 0.0236. The Labute approximate surface area is 407 Å². The number of aliphatic hydroxyl groups is 2. The van der Waals surface area contributed by atoms with Gasteiger partial charge in [-0.15, -0.1) is 0 Å². The van der Waals surface area contributed by atoms with Crippen LogP contribution >= 0.6 is 7.82 Å². The maximum Gasteiger partial charge on any atom is 0.472 e. The Morgan fingerprint density at radius 2 is 0.818 bits per heavy atom. The molecule has 3 unspecified atom stereocenters. The maximum absolute atomic E-state index is 12.7. The first-order valence-electron chi connectivity index (χ1n) is 28.0.